The van der Waals surface area contributed by atoms with Crippen molar-refractivity contribution in [3.8, 4) is 0 Å². The molecule has 0 spiro atoms. The molecule has 0 aromatic carbocycles. The molecule has 2 rings (SSSR count). The molecule has 2 N–H and O–H groups in total. The lowest BCUT2D eigenvalue weighted by atomic mass is 10.4. The van der Waals surface area contributed by atoms with E-state index in [1.54, 1.807) is 6.07 Å². The molecule has 6 nitrogen and oxygen atoms in total. The van der Waals surface area contributed by atoms with Gasteiger partial charge in [0, 0.05) is 4.88 Å². The van der Waals surface area contributed by atoms with Crippen molar-refractivity contribution >= 4 is 27.3 Å². The number of aryl methyl sites for hydroxylation is 1. The van der Waals surface area contributed by atoms with Crippen molar-refractivity contribution in [1.82, 2.24) is 4.72 Å². The maximum Gasteiger partial charge on any atom is 0.371 e. The third kappa shape index (κ3) is 3.22. The molecule has 8 heteroatoms. The summed E-state index contributed by atoms with van der Waals surface area (Å²) in [6, 6.07) is 5.94. The molecule has 0 aliphatic rings. The molecule has 0 radical (unpaired) electrons. The maximum absolute atomic E-state index is 11.9. The number of thiophene rings is 1. The van der Waals surface area contributed by atoms with E-state index < -0.39 is 16.0 Å². The van der Waals surface area contributed by atoms with Gasteiger partial charge in [-0.25, -0.2) is 17.9 Å². The Hall–Kier alpha value is -1.64. The zero-order valence-electron chi connectivity index (χ0n) is 9.91. The van der Waals surface area contributed by atoms with Gasteiger partial charge in [0.2, 0.25) is 15.8 Å². The van der Waals surface area contributed by atoms with Crippen molar-refractivity contribution in [3.63, 3.8) is 0 Å². The van der Waals surface area contributed by atoms with Crippen molar-refractivity contribution < 1.29 is 22.7 Å². The highest BCUT2D eigenvalue weighted by Gasteiger charge is 2.17. The largest absolute Gasteiger partial charge is 0.475 e. The first-order valence-electron chi connectivity index (χ1n) is 5.26. The second kappa shape index (κ2) is 5.16. The van der Waals surface area contributed by atoms with Crippen LogP contribution >= 0.6 is 11.3 Å². The number of rotatable bonds is 5. The van der Waals surface area contributed by atoms with Gasteiger partial charge in [0.25, 0.3) is 0 Å². The van der Waals surface area contributed by atoms with Gasteiger partial charge in [-0.1, -0.05) is 0 Å². The van der Waals surface area contributed by atoms with Crippen molar-refractivity contribution in [2.75, 3.05) is 0 Å². The average molecular weight is 301 g/mol. The first-order chi connectivity index (χ1) is 8.88. The molecule has 2 aromatic heterocycles. The normalized spacial score (nSPS) is 11.6. The highest BCUT2D eigenvalue weighted by Crippen LogP contribution is 2.20. The number of carboxylic acids is 1. The van der Waals surface area contributed by atoms with Crippen molar-refractivity contribution in [2.24, 2.45) is 0 Å². The number of furan rings is 1. The minimum Gasteiger partial charge on any atom is -0.475 e. The van der Waals surface area contributed by atoms with Gasteiger partial charge in [-0.2, -0.15) is 0 Å². The molecule has 2 aromatic rings. The average Bonchev–Trinajstić information content (AvgIpc) is 2.95. The Morgan fingerprint density at radius 1 is 1.37 bits per heavy atom. The van der Waals surface area contributed by atoms with Crippen LogP contribution in [0.3, 0.4) is 0 Å². The van der Waals surface area contributed by atoms with Crippen molar-refractivity contribution in [3.05, 3.63) is 40.7 Å². The highest BCUT2D eigenvalue weighted by molar-refractivity contribution is 7.91. The smallest absolute Gasteiger partial charge is 0.371 e. The lowest BCUT2D eigenvalue weighted by Crippen LogP contribution is -2.22. The van der Waals surface area contributed by atoms with Crippen molar-refractivity contribution in [1.29, 1.82) is 0 Å². The van der Waals surface area contributed by atoms with E-state index in [1.165, 1.54) is 18.2 Å². The number of hydrogen-bond acceptors (Lipinski definition) is 5. The fourth-order valence-electron chi connectivity index (χ4n) is 1.38. The minimum absolute atomic E-state index is 0.0907. The molecule has 0 aliphatic heterocycles. The van der Waals surface area contributed by atoms with Gasteiger partial charge in [0.05, 0.1) is 6.54 Å². The fraction of sp³-hybridized carbons (Fsp3) is 0.182. The summed E-state index contributed by atoms with van der Waals surface area (Å²) < 4.78 is 31.3. The molecule has 0 fully saturated rings. The molecule has 0 unspecified atom stereocenters. The lowest BCUT2D eigenvalue weighted by Gasteiger charge is -2.02. The molecule has 0 bridgehead atoms. The topological polar surface area (TPSA) is 96.6 Å². The molecule has 102 valence electrons. The van der Waals surface area contributed by atoms with Gasteiger partial charge in [0.1, 0.15) is 9.97 Å². The van der Waals surface area contributed by atoms with Crippen LogP contribution in [0.2, 0.25) is 0 Å². The first kappa shape index (κ1) is 13.8. The van der Waals surface area contributed by atoms with Crippen LogP contribution in [0.1, 0.15) is 21.2 Å². The second-order valence-corrected chi connectivity index (χ2v) is 7.04. The Morgan fingerprint density at radius 3 is 2.63 bits per heavy atom. The summed E-state index contributed by atoms with van der Waals surface area (Å²) in [5.41, 5.74) is 0. The Balaban J connectivity index is 2.07. The van der Waals surface area contributed by atoms with Crippen LogP contribution < -0.4 is 4.72 Å². The fourth-order valence-corrected chi connectivity index (χ4v) is 3.70. The predicted octanol–water partition coefficient (Wildman–Crippen LogP) is 1.83. The maximum atomic E-state index is 11.9. The molecular formula is C11H11NO5S2. The van der Waals surface area contributed by atoms with Gasteiger partial charge in [-0.15, -0.1) is 11.3 Å². The van der Waals surface area contributed by atoms with Crippen LogP contribution in [-0.2, 0) is 16.6 Å². The van der Waals surface area contributed by atoms with E-state index in [4.69, 9.17) is 9.52 Å². The summed E-state index contributed by atoms with van der Waals surface area (Å²) in [7, 11) is -3.59. The SMILES string of the molecule is Cc1ccc(S(=O)(=O)NCc2ccc(C(=O)O)o2)s1. The number of aromatic carboxylic acids is 1. The predicted molar refractivity (Wildman–Crippen MR) is 68.7 cm³/mol. The Labute approximate surface area is 113 Å². The van der Waals surface area contributed by atoms with E-state index in [-0.39, 0.29) is 22.3 Å². The van der Waals surface area contributed by atoms with E-state index in [2.05, 4.69) is 4.72 Å². The van der Waals surface area contributed by atoms with E-state index in [1.807, 2.05) is 6.92 Å². The van der Waals surface area contributed by atoms with Crippen LogP contribution in [0.4, 0.5) is 0 Å². The van der Waals surface area contributed by atoms with E-state index in [0.717, 1.165) is 16.2 Å². The monoisotopic (exact) mass is 301 g/mol. The van der Waals surface area contributed by atoms with Gasteiger partial charge in [-0.05, 0) is 31.2 Å². The molecule has 19 heavy (non-hydrogen) atoms. The summed E-state index contributed by atoms with van der Waals surface area (Å²) >= 11 is 1.16. The Kier molecular flexibility index (Phi) is 3.74. The van der Waals surface area contributed by atoms with E-state index in [0.29, 0.717) is 0 Å². The number of carbonyl (C=O) groups is 1. The van der Waals surface area contributed by atoms with Crippen LogP contribution in [0.15, 0.2) is 32.9 Å². The summed E-state index contributed by atoms with van der Waals surface area (Å²) in [6.07, 6.45) is 0. The summed E-state index contributed by atoms with van der Waals surface area (Å²) in [5.74, 6) is -1.17. The summed E-state index contributed by atoms with van der Waals surface area (Å²) in [5, 5.41) is 8.68. The minimum atomic E-state index is -3.59. The van der Waals surface area contributed by atoms with E-state index >= 15 is 0 Å². The van der Waals surface area contributed by atoms with Crippen LogP contribution in [0, 0.1) is 6.92 Å². The van der Waals surface area contributed by atoms with Crippen LogP contribution in [0.5, 0.6) is 0 Å². The van der Waals surface area contributed by atoms with Gasteiger partial charge in [-0.3, -0.25) is 0 Å². The van der Waals surface area contributed by atoms with Gasteiger partial charge in [0.15, 0.2) is 0 Å². The quantitative estimate of drug-likeness (QED) is 0.878. The number of hydrogen-bond donors (Lipinski definition) is 2. The van der Waals surface area contributed by atoms with E-state index in [9.17, 15) is 13.2 Å². The number of carboxylic acid groups (broad SMARTS) is 1. The summed E-state index contributed by atoms with van der Waals surface area (Å²) in [6.45, 7) is 1.72. The zero-order valence-corrected chi connectivity index (χ0v) is 11.5. The molecule has 0 aliphatic carbocycles. The molecule has 0 saturated heterocycles. The summed E-state index contributed by atoms with van der Waals surface area (Å²) in [4.78, 5) is 11.5. The molecular weight excluding hydrogens is 290 g/mol. The number of sulfonamides is 1. The highest BCUT2D eigenvalue weighted by atomic mass is 32.2. The molecule has 0 saturated carbocycles. The third-order valence-electron chi connectivity index (χ3n) is 2.29. The van der Waals surface area contributed by atoms with Crippen molar-refractivity contribution in [2.45, 2.75) is 17.7 Å². The molecule has 0 atom stereocenters. The number of nitrogens with one attached hydrogen (secondary N) is 1. The standard InChI is InChI=1S/C11H11NO5S2/c1-7-2-5-10(18-7)19(15,16)12-6-8-3-4-9(17-8)11(13)14/h2-5,12H,6H2,1H3,(H,13,14). The Morgan fingerprint density at radius 2 is 2.11 bits per heavy atom. The van der Waals surface area contributed by atoms with Crippen LogP contribution in [0.25, 0.3) is 0 Å². The lowest BCUT2D eigenvalue weighted by molar-refractivity contribution is 0.0660. The molecule has 0 amide bonds. The first-order valence-corrected chi connectivity index (χ1v) is 7.56. The van der Waals surface area contributed by atoms with Gasteiger partial charge >= 0.3 is 5.97 Å². The molecule has 2 heterocycles. The third-order valence-corrected chi connectivity index (χ3v) is 5.18. The van der Waals surface area contributed by atoms with Crippen LogP contribution in [-0.4, -0.2) is 19.5 Å². The second-order valence-electron chi connectivity index (χ2n) is 3.76. The Bertz CT molecular complexity index is 698. The van der Waals surface area contributed by atoms with Gasteiger partial charge < -0.3 is 9.52 Å². The zero-order chi connectivity index (χ0) is 14.0.